The van der Waals surface area contributed by atoms with Gasteiger partial charge in [0.15, 0.2) is 0 Å². The summed E-state index contributed by atoms with van der Waals surface area (Å²) in [6.07, 6.45) is 1.41. The van der Waals surface area contributed by atoms with Crippen molar-refractivity contribution in [2.45, 2.75) is 30.7 Å². The molecule has 3 unspecified atom stereocenters. The fourth-order valence-electron chi connectivity index (χ4n) is 3.10. The predicted octanol–water partition coefficient (Wildman–Crippen LogP) is -0.373. The van der Waals surface area contributed by atoms with E-state index in [0.717, 1.165) is 6.54 Å². The van der Waals surface area contributed by atoms with E-state index in [4.69, 9.17) is 0 Å². The van der Waals surface area contributed by atoms with Crippen LogP contribution in [0.15, 0.2) is 15.6 Å². The number of carbonyl (C=O) groups is 2. The van der Waals surface area contributed by atoms with Gasteiger partial charge in [0.2, 0.25) is 5.91 Å². The fraction of sp³-hybridized carbons (Fsp3) is 0.615. The number of nitrogens with one attached hydrogen (secondary N) is 1. The maximum Gasteiger partial charge on any atom is 0.353 e. The number of fused-ring (bicyclic) bond motifs is 1. The third-order valence-electron chi connectivity index (χ3n) is 4.04. The summed E-state index contributed by atoms with van der Waals surface area (Å²) >= 11 is 1.47. The first kappa shape index (κ1) is 14.4. The van der Waals surface area contributed by atoms with Crippen molar-refractivity contribution >= 4 is 30.0 Å². The number of hydrogen-bond donors (Lipinski definition) is 3. The van der Waals surface area contributed by atoms with Crippen molar-refractivity contribution in [3.05, 3.63) is 10.6 Å². The van der Waals surface area contributed by atoms with Gasteiger partial charge >= 0.3 is 5.97 Å². The lowest BCUT2D eigenvalue weighted by atomic mass is 9.83. The Bertz CT molecular complexity index is 546. The van der Waals surface area contributed by atoms with Crippen LogP contribution in [0.3, 0.4) is 0 Å². The van der Waals surface area contributed by atoms with E-state index in [1.54, 1.807) is 13.3 Å². The fourth-order valence-corrected chi connectivity index (χ4v) is 4.41. The van der Waals surface area contributed by atoms with Crippen LogP contribution in [-0.4, -0.2) is 63.8 Å². The summed E-state index contributed by atoms with van der Waals surface area (Å²) in [6, 6.07) is -0.217. The molecule has 114 valence electrons. The van der Waals surface area contributed by atoms with E-state index in [1.165, 1.54) is 16.7 Å². The molecule has 0 aromatic rings. The molecule has 4 atom stereocenters. The van der Waals surface area contributed by atoms with E-state index in [9.17, 15) is 19.8 Å². The molecule has 0 spiro atoms. The smallest absolute Gasteiger partial charge is 0.353 e. The molecule has 0 aromatic heterocycles. The molecule has 8 heteroatoms. The van der Waals surface area contributed by atoms with Crippen LogP contribution in [0.2, 0.25) is 0 Å². The number of aliphatic hydroxyl groups is 1. The van der Waals surface area contributed by atoms with E-state index in [-0.39, 0.29) is 22.9 Å². The van der Waals surface area contributed by atoms with Crippen LogP contribution in [0.5, 0.6) is 0 Å². The predicted molar refractivity (Wildman–Crippen MR) is 77.8 cm³/mol. The number of nitrogens with zero attached hydrogens (tertiary/aromatic N) is 2. The minimum absolute atomic E-state index is 0.0847. The number of thioether (sulfide) groups is 1. The van der Waals surface area contributed by atoms with Crippen LogP contribution in [0.25, 0.3) is 0 Å². The second kappa shape index (κ2) is 5.34. The first-order valence-corrected chi connectivity index (χ1v) is 7.74. The number of hydrogen-bond acceptors (Lipinski definition) is 6. The zero-order valence-corrected chi connectivity index (χ0v) is 12.3. The first-order chi connectivity index (χ1) is 10.0. The van der Waals surface area contributed by atoms with Crippen molar-refractivity contribution in [1.82, 2.24) is 10.2 Å². The van der Waals surface area contributed by atoms with Gasteiger partial charge in [-0.3, -0.25) is 9.79 Å². The van der Waals surface area contributed by atoms with Crippen LogP contribution in [0.4, 0.5) is 0 Å². The molecule has 0 saturated carbocycles. The quantitative estimate of drug-likeness (QED) is 0.612. The summed E-state index contributed by atoms with van der Waals surface area (Å²) in [4.78, 5) is 29.7. The Hall–Kier alpha value is -1.54. The molecule has 0 aliphatic carbocycles. The SMILES string of the molecule is CC(O)C1C(=O)N2C(C(=O)O)=C(SC3CN=CNC3)C[C@H]12. The summed E-state index contributed by atoms with van der Waals surface area (Å²) in [5, 5.41) is 22.3. The first-order valence-electron chi connectivity index (χ1n) is 6.86. The zero-order valence-electron chi connectivity index (χ0n) is 11.5. The maximum atomic E-state index is 12.1. The normalized spacial score (nSPS) is 32.6. The lowest BCUT2D eigenvalue weighted by Crippen LogP contribution is -2.61. The summed E-state index contributed by atoms with van der Waals surface area (Å²) in [6.45, 7) is 2.93. The van der Waals surface area contributed by atoms with Gasteiger partial charge in [0.05, 0.1) is 30.9 Å². The molecule has 3 aliphatic heterocycles. The Morgan fingerprint density at radius 3 is 2.95 bits per heavy atom. The van der Waals surface area contributed by atoms with Crippen molar-refractivity contribution < 1.29 is 19.8 Å². The van der Waals surface area contributed by atoms with Crippen LogP contribution in [0, 0.1) is 5.92 Å². The highest BCUT2D eigenvalue weighted by molar-refractivity contribution is 8.03. The largest absolute Gasteiger partial charge is 0.477 e. The standard InChI is InChI=1S/C13H17N3O4S/c1-6(17)10-8-2-9(21-7-3-14-5-15-4-7)11(13(19)20)16(8)12(10)18/h5-8,10,17H,2-4H2,1H3,(H,14,15)(H,19,20)/t6?,8-,10?/m1/s1. The molecule has 7 nitrogen and oxygen atoms in total. The monoisotopic (exact) mass is 311 g/mol. The average Bonchev–Trinajstić information content (AvgIpc) is 2.74. The van der Waals surface area contributed by atoms with E-state index in [0.29, 0.717) is 17.9 Å². The van der Waals surface area contributed by atoms with Crippen molar-refractivity contribution in [2.75, 3.05) is 13.1 Å². The lowest BCUT2D eigenvalue weighted by Gasteiger charge is -2.44. The zero-order chi connectivity index (χ0) is 15.1. The Morgan fingerprint density at radius 1 is 1.62 bits per heavy atom. The number of carbonyl (C=O) groups excluding carboxylic acids is 1. The average molecular weight is 311 g/mol. The Balaban J connectivity index is 1.80. The summed E-state index contributed by atoms with van der Waals surface area (Å²) < 4.78 is 0. The molecule has 3 N–H and O–H groups in total. The molecule has 1 saturated heterocycles. The Morgan fingerprint density at radius 2 is 2.38 bits per heavy atom. The van der Waals surface area contributed by atoms with Crippen LogP contribution >= 0.6 is 11.8 Å². The molecule has 3 heterocycles. The van der Waals surface area contributed by atoms with Crippen molar-refractivity contribution in [3.8, 4) is 0 Å². The van der Waals surface area contributed by atoms with Crippen molar-refractivity contribution in [2.24, 2.45) is 10.9 Å². The topological polar surface area (TPSA) is 102 Å². The number of β-lactam (4-membered cyclic amide) rings is 1. The number of rotatable bonds is 4. The highest BCUT2D eigenvalue weighted by atomic mass is 32.2. The highest BCUT2D eigenvalue weighted by Crippen LogP contribution is 2.47. The third kappa shape index (κ3) is 2.32. The lowest BCUT2D eigenvalue weighted by molar-refractivity contribution is -0.161. The van der Waals surface area contributed by atoms with Gasteiger partial charge in [0, 0.05) is 23.1 Å². The van der Waals surface area contributed by atoms with Crippen molar-refractivity contribution in [3.63, 3.8) is 0 Å². The number of aliphatic carboxylic acids is 1. The Labute approximate surface area is 126 Å². The second-order valence-corrected chi connectivity index (χ2v) is 6.86. The minimum atomic E-state index is -1.08. The molecule has 1 fully saturated rings. The molecular weight excluding hydrogens is 294 g/mol. The molecule has 1 amide bonds. The number of carboxylic acid groups (broad SMARTS) is 1. The van der Waals surface area contributed by atoms with Gasteiger partial charge in [-0.15, -0.1) is 11.8 Å². The minimum Gasteiger partial charge on any atom is -0.477 e. The number of amides is 1. The second-order valence-electron chi connectivity index (χ2n) is 5.47. The third-order valence-corrected chi connectivity index (χ3v) is 5.33. The summed E-state index contributed by atoms with van der Waals surface area (Å²) in [7, 11) is 0. The molecule has 3 aliphatic rings. The molecular formula is C13H17N3O4S. The van der Waals surface area contributed by atoms with Crippen LogP contribution in [0.1, 0.15) is 13.3 Å². The number of aliphatic hydroxyl groups excluding tert-OH is 1. The molecule has 0 aromatic carbocycles. The van der Waals surface area contributed by atoms with E-state index < -0.39 is 18.0 Å². The van der Waals surface area contributed by atoms with Gasteiger partial charge < -0.3 is 20.4 Å². The van der Waals surface area contributed by atoms with Gasteiger partial charge in [0.25, 0.3) is 0 Å². The van der Waals surface area contributed by atoms with E-state index in [2.05, 4.69) is 10.3 Å². The number of carboxylic acids is 1. The Kier molecular flexibility index (Phi) is 3.66. The van der Waals surface area contributed by atoms with Gasteiger partial charge in [-0.25, -0.2) is 4.79 Å². The van der Waals surface area contributed by atoms with E-state index >= 15 is 0 Å². The summed E-state index contributed by atoms with van der Waals surface area (Å²) in [5.41, 5.74) is 0.0847. The van der Waals surface area contributed by atoms with Gasteiger partial charge in [-0.05, 0) is 6.92 Å². The van der Waals surface area contributed by atoms with E-state index in [1.807, 2.05) is 0 Å². The van der Waals surface area contributed by atoms with Gasteiger partial charge in [-0.1, -0.05) is 0 Å². The van der Waals surface area contributed by atoms with Gasteiger partial charge in [0.1, 0.15) is 5.70 Å². The van der Waals surface area contributed by atoms with Crippen molar-refractivity contribution in [1.29, 1.82) is 0 Å². The molecule has 3 rings (SSSR count). The highest BCUT2D eigenvalue weighted by Gasteiger charge is 2.56. The molecule has 0 bridgehead atoms. The maximum absolute atomic E-state index is 12.1. The van der Waals surface area contributed by atoms with Crippen LogP contribution in [-0.2, 0) is 9.59 Å². The van der Waals surface area contributed by atoms with Crippen LogP contribution < -0.4 is 5.32 Å². The molecule has 0 radical (unpaired) electrons. The summed E-state index contributed by atoms with van der Waals surface area (Å²) in [5.74, 6) is -1.85. The number of aliphatic imine (C=N–C) groups is 1. The van der Waals surface area contributed by atoms with Gasteiger partial charge in [-0.2, -0.15) is 0 Å². The molecule has 21 heavy (non-hydrogen) atoms.